The number of hydrogen-bond donors (Lipinski definition) is 2. The monoisotopic (exact) mass is 391 g/mol. The Hall–Kier alpha value is -3.61. The lowest BCUT2D eigenvalue weighted by atomic mass is 10.1. The van der Waals surface area contributed by atoms with Crippen molar-refractivity contribution in [2.75, 3.05) is 18.1 Å². The quantitative estimate of drug-likeness (QED) is 0.700. The summed E-state index contributed by atoms with van der Waals surface area (Å²) in [4.78, 5) is 40.9. The number of cyclic esters (lactones) is 1. The van der Waals surface area contributed by atoms with Crippen molar-refractivity contribution < 1.29 is 14.3 Å². The number of hydrogen-bond acceptors (Lipinski definition) is 4. The second-order valence-electron chi connectivity index (χ2n) is 7.04. The van der Waals surface area contributed by atoms with Gasteiger partial charge in [-0.3, -0.25) is 14.5 Å². The number of pyridine rings is 1. The standard InChI is InChI=1S/C22H21N3O4/c1-14(15-6-4-7-18(12-15)25-9-10-29-22(25)28)23-20(26)13-17-11-16-5-2-3-8-19(16)24-21(17)27/h2-8,11-12,14H,9-10,13H2,1H3,(H,23,26)(H,24,27). The van der Waals surface area contributed by atoms with E-state index in [9.17, 15) is 14.4 Å². The highest BCUT2D eigenvalue weighted by atomic mass is 16.6. The smallest absolute Gasteiger partial charge is 0.414 e. The molecule has 1 saturated heterocycles. The number of amides is 2. The van der Waals surface area contributed by atoms with E-state index in [0.29, 0.717) is 18.7 Å². The van der Waals surface area contributed by atoms with Gasteiger partial charge in [0.25, 0.3) is 5.56 Å². The molecule has 4 rings (SSSR count). The summed E-state index contributed by atoms with van der Waals surface area (Å²) >= 11 is 0. The van der Waals surface area contributed by atoms with Gasteiger partial charge in [-0.15, -0.1) is 0 Å². The van der Waals surface area contributed by atoms with Crippen LogP contribution in [0.3, 0.4) is 0 Å². The maximum absolute atomic E-state index is 12.5. The molecular formula is C22H21N3O4. The lowest BCUT2D eigenvalue weighted by Crippen LogP contribution is -2.30. The number of H-pyrrole nitrogens is 1. The van der Waals surface area contributed by atoms with Gasteiger partial charge in [0.2, 0.25) is 5.91 Å². The Balaban J connectivity index is 1.47. The number of fused-ring (bicyclic) bond motifs is 1. The first-order valence-corrected chi connectivity index (χ1v) is 9.46. The fourth-order valence-corrected chi connectivity index (χ4v) is 3.46. The lowest BCUT2D eigenvalue weighted by molar-refractivity contribution is -0.121. The molecule has 0 spiro atoms. The Labute approximate surface area is 167 Å². The van der Waals surface area contributed by atoms with Crippen molar-refractivity contribution in [3.63, 3.8) is 0 Å². The van der Waals surface area contributed by atoms with Gasteiger partial charge in [0.15, 0.2) is 0 Å². The van der Waals surface area contributed by atoms with E-state index in [1.165, 1.54) is 0 Å². The van der Waals surface area contributed by atoms with Crippen LogP contribution in [0.25, 0.3) is 10.9 Å². The number of benzene rings is 2. The Morgan fingerprint density at radius 1 is 1.17 bits per heavy atom. The second kappa shape index (κ2) is 7.79. The van der Waals surface area contributed by atoms with Crippen molar-refractivity contribution in [3.05, 3.63) is 76.1 Å². The number of carbonyl (C=O) groups is 2. The van der Waals surface area contributed by atoms with Gasteiger partial charge >= 0.3 is 6.09 Å². The molecule has 3 aromatic rings. The molecule has 7 heteroatoms. The number of anilines is 1. The molecule has 1 aromatic heterocycles. The summed E-state index contributed by atoms with van der Waals surface area (Å²) in [6.45, 7) is 2.74. The van der Waals surface area contributed by atoms with E-state index < -0.39 is 0 Å². The van der Waals surface area contributed by atoms with E-state index in [4.69, 9.17) is 4.74 Å². The number of para-hydroxylation sites is 1. The molecule has 7 nitrogen and oxygen atoms in total. The van der Waals surface area contributed by atoms with Crippen LogP contribution in [0, 0.1) is 0 Å². The molecule has 29 heavy (non-hydrogen) atoms. The van der Waals surface area contributed by atoms with Gasteiger partial charge in [0.05, 0.1) is 19.0 Å². The molecule has 148 valence electrons. The van der Waals surface area contributed by atoms with E-state index in [1.54, 1.807) is 11.0 Å². The number of rotatable bonds is 5. The van der Waals surface area contributed by atoms with E-state index in [0.717, 1.165) is 22.2 Å². The SMILES string of the molecule is CC(NC(=O)Cc1cc2ccccc2[nH]c1=O)c1cccc(N2CCOC2=O)c1. The Bertz CT molecular complexity index is 1140. The molecule has 1 aliphatic rings. The third-order valence-corrected chi connectivity index (χ3v) is 5.00. The topological polar surface area (TPSA) is 91.5 Å². The van der Waals surface area contributed by atoms with Crippen molar-refractivity contribution in [3.8, 4) is 0 Å². The molecule has 2 heterocycles. The summed E-state index contributed by atoms with van der Waals surface area (Å²) in [6, 6.07) is 16.3. The Morgan fingerprint density at radius 2 is 2.00 bits per heavy atom. The van der Waals surface area contributed by atoms with Crippen LogP contribution in [-0.2, 0) is 16.0 Å². The van der Waals surface area contributed by atoms with E-state index in [1.807, 2.05) is 55.5 Å². The average Bonchev–Trinajstić information content (AvgIpc) is 3.14. The zero-order chi connectivity index (χ0) is 20.4. The number of carbonyl (C=O) groups excluding carboxylic acids is 2. The van der Waals surface area contributed by atoms with E-state index in [2.05, 4.69) is 10.3 Å². The van der Waals surface area contributed by atoms with Gasteiger partial charge in [-0.25, -0.2) is 4.79 Å². The number of aromatic nitrogens is 1. The van der Waals surface area contributed by atoms with Crippen LogP contribution in [0.1, 0.15) is 24.1 Å². The molecule has 2 aromatic carbocycles. The molecule has 1 fully saturated rings. The van der Waals surface area contributed by atoms with Crippen LogP contribution in [0.5, 0.6) is 0 Å². The minimum absolute atomic E-state index is 0.0113. The molecule has 0 aliphatic carbocycles. The molecule has 2 N–H and O–H groups in total. The lowest BCUT2D eigenvalue weighted by Gasteiger charge is -2.18. The Kier molecular flexibility index (Phi) is 5.03. The minimum atomic E-state index is -0.366. The average molecular weight is 391 g/mol. The largest absolute Gasteiger partial charge is 0.447 e. The molecule has 0 saturated carbocycles. The number of ether oxygens (including phenoxy) is 1. The number of nitrogens with zero attached hydrogens (tertiary/aromatic N) is 1. The van der Waals surface area contributed by atoms with Crippen LogP contribution in [0.2, 0.25) is 0 Å². The highest BCUT2D eigenvalue weighted by molar-refractivity contribution is 5.89. The second-order valence-corrected chi connectivity index (χ2v) is 7.04. The highest BCUT2D eigenvalue weighted by Crippen LogP contribution is 2.23. The summed E-state index contributed by atoms with van der Waals surface area (Å²) in [5, 5.41) is 3.81. The van der Waals surface area contributed by atoms with E-state index >= 15 is 0 Å². The maximum atomic E-state index is 12.5. The minimum Gasteiger partial charge on any atom is -0.447 e. The number of aromatic amines is 1. The Morgan fingerprint density at radius 3 is 2.79 bits per heavy atom. The van der Waals surface area contributed by atoms with Crippen molar-refractivity contribution in [2.24, 2.45) is 0 Å². The zero-order valence-corrected chi connectivity index (χ0v) is 16.0. The van der Waals surface area contributed by atoms with E-state index in [-0.39, 0.29) is 30.0 Å². The normalized spacial score (nSPS) is 14.7. The summed E-state index contributed by atoms with van der Waals surface area (Å²) in [5.41, 5.74) is 2.50. The zero-order valence-electron chi connectivity index (χ0n) is 16.0. The molecular weight excluding hydrogens is 370 g/mol. The molecule has 0 bridgehead atoms. The van der Waals surface area contributed by atoms with Gasteiger partial charge in [0.1, 0.15) is 6.61 Å². The molecule has 1 atom stereocenters. The summed E-state index contributed by atoms with van der Waals surface area (Å²) < 4.78 is 4.98. The third kappa shape index (κ3) is 3.99. The molecule has 1 aliphatic heterocycles. The third-order valence-electron chi connectivity index (χ3n) is 5.00. The predicted molar refractivity (Wildman–Crippen MR) is 110 cm³/mol. The van der Waals surface area contributed by atoms with Crippen LogP contribution in [0.4, 0.5) is 10.5 Å². The molecule has 2 amide bonds. The van der Waals surface area contributed by atoms with Crippen LogP contribution in [0.15, 0.2) is 59.4 Å². The first-order valence-electron chi connectivity index (χ1n) is 9.46. The highest BCUT2D eigenvalue weighted by Gasteiger charge is 2.24. The maximum Gasteiger partial charge on any atom is 0.414 e. The van der Waals surface area contributed by atoms with Crippen molar-refractivity contribution in [1.82, 2.24) is 10.3 Å². The van der Waals surface area contributed by atoms with Crippen LogP contribution in [-0.4, -0.2) is 30.1 Å². The van der Waals surface area contributed by atoms with Gasteiger partial charge < -0.3 is 15.0 Å². The van der Waals surface area contributed by atoms with Crippen molar-refractivity contribution >= 4 is 28.6 Å². The van der Waals surface area contributed by atoms with Crippen LogP contribution >= 0.6 is 0 Å². The molecule has 0 radical (unpaired) electrons. The first-order chi connectivity index (χ1) is 14.0. The summed E-state index contributed by atoms with van der Waals surface area (Å²) in [7, 11) is 0. The van der Waals surface area contributed by atoms with Gasteiger partial charge in [0, 0.05) is 16.8 Å². The van der Waals surface area contributed by atoms with Gasteiger partial charge in [-0.05, 0) is 42.1 Å². The van der Waals surface area contributed by atoms with Gasteiger partial charge in [-0.2, -0.15) is 0 Å². The van der Waals surface area contributed by atoms with Gasteiger partial charge in [-0.1, -0.05) is 30.3 Å². The summed E-state index contributed by atoms with van der Waals surface area (Å²) in [5.74, 6) is -0.246. The fraction of sp³-hybridized carbons (Fsp3) is 0.227. The predicted octanol–water partition coefficient (Wildman–Crippen LogP) is 2.90. The molecule has 1 unspecified atom stereocenters. The van der Waals surface area contributed by atoms with Crippen molar-refractivity contribution in [2.45, 2.75) is 19.4 Å². The van der Waals surface area contributed by atoms with Crippen LogP contribution < -0.4 is 15.8 Å². The first kappa shape index (κ1) is 18.7. The fourth-order valence-electron chi connectivity index (χ4n) is 3.46. The van der Waals surface area contributed by atoms with Crippen molar-refractivity contribution in [1.29, 1.82) is 0 Å². The number of nitrogens with one attached hydrogen (secondary N) is 2. The summed E-state index contributed by atoms with van der Waals surface area (Å²) in [6.07, 6.45) is -0.378.